The van der Waals surface area contributed by atoms with E-state index in [1.807, 2.05) is 19.1 Å². The smallest absolute Gasteiger partial charge is 0.343 e. The van der Waals surface area contributed by atoms with E-state index in [1.54, 1.807) is 22.9 Å². The summed E-state index contributed by atoms with van der Waals surface area (Å²) in [5, 5.41) is 8.15. The number of rotatable bonds is 3. The number of pyridine rings is 2. The molecular weight excluding hydrogens is 354 g/mol. The van der Waals surface area contributed by atoms with E-state index in [9.17, 15) is 9.59 Å². The number of aryl methyl sites for hydroxylation is 1. The van der Waals surface area contributed by atoms with Crippen molar-refractivity contribution in [3.63, 3.8) is 0 Å². The van der Waals surface area contributed by atoms with E-state index in [-0.39, 0.29) is 11.1 Å². The van der Waals surface area contributed by atoms with E-state index >= 15 is 0 Å². The van der Waals surface area contributed by atoms with Crippen molar-refractivity contribution in [2.24, 2.45) is 0 Å². The molecule has 6 nitrogen and oxygen atoms in total. The molecule has 0 amide bonds. The van der Waals surface area contributed by atoms with Gasteiger partial charge in [-0.25, -0.2) is 4.79 Å². The Kier molecular flexibility index (Phi) is 3.62. The van der Waals surface area contributed by atoms with Crippen molar-refractivity contribution in [1.82, 2.24) is 14.6 Å². The molecule has 1 aliphatic rings. The summed E-state index contributed by atoms with van der Waals surface area (Å²) in [7, 11) is 1.30. The number of nitrogens with one attached hydrogen (secondary N) is 1. The van der Waals surface area contributed by atoms with Gasteiger partial charge in [-0.15, -0.1) is 0 Å². The number of benzene rings is 1. The van der Waals surface area contributed by atoms with Crippen molar-refractivity contribution in [3.8, 4) is 11.1 Å². The number of ether oxygens (including phenoxy) is 1. The Hall–Kier alpha value is -3.41. The molecule has 0 spiro atoms. The van der Waals surface area contributed by atoms with Gasteiger partial charge >= 0.3 is 5.97 Å². The van der Waals surface area contributed by atoms with Crippen molar-refractivity contribution in [2.75, 3.05) is 7.11 Å². The maximum atomic E-state index is 12.9. The molecule has 3 aromatic heterocycles. The number of aromatic amines is 1. The van der Waals surface area contributed by atoms with Gasteiger partial charge in [-0.2, -0.15) is 5.10 Å². The fourth-order valence-corrected chi connectivity index (χ4v) is 3.98. The van der Waals surface area contributed by atoms with Gasteiger partial charge in [0.1, 0.15) is 5.56 Å². The molecule has 3 heterocycles. The van der Waals surface area contributed by atoms with Crippen molar-refractivity contribution < 1.29 is 9.53 Å². The number of esters is 1. The third-order valence-electron chi connectivity index (χ3n) is 5.59. The Labute approximate surface area is 160 Å². The first-order valence-electron chi connectivity index (χ1n) is 9.29. The van der Waals surface area contributed by atoms with Crippen molar-refractivity contribution >= 4 is 22.4 Å². The Morgan fingerprint density at radius 2 is 2.07 bits per heavy atom. The Morgan fingerprint density at radius 3 is 2.82 bits per heavy atom. The second kappa shape index (κ2) is 6.05. The molecule has 1 N–H and O–H groups in total. The Morgan fingerprint density at radius 1 is 1.25 bits per heavy atom. The van der Waals surface area contributed by atoms with Gasteiger partial charge in [0, 0.05) is 11.6 Å². The van der Waals surface area contributed by atoms with E-state index in [1.165, 1.54) is 7.11 Å². The molecule has 140 valence electrons. The maximum Gasteiger partial charge on any atom is 0.343 e. The summed E-state index contributed by atoms with van der Waals surface area (Å²) in [5.41, 5.74) is 5.79. The summed E-state index contributed by atoms with van der Waals surface area (Å²) in [6.45, 7) is 2.03. The van der Waals surface area contributed by atoms with Crippen LogP contribution in [-0.4, -0.2) is 27.7 Å². The minimum absolute atomic E-state index is 0.0907. The van der Waals surface area contributed by atoms with Gasteiger partial charge in [0.25, 0.3) is 5.56 Å². The highest BCUT2D eigenvalue weighted by Gasteiger charge is 2.29. The number of aromatic nitrogens is 3. The highest BCUT2D eigenvalue weighted by Crippen LogP contribution is 2.43. The summed E-state index contributed by atoms with van der Waals surface area (Å²) < 4.78 is 6.41. The van der Waals surface area contributed by atoms with Crippen LogP contribution >= 0.6 is 0 Å². The van der Waals surface area contributed by atoms with E-state index in [2.05, 4.69) is 22.3 Å². The average molecular weight is 373 g/mol. The molecule has 0 unspecified atom stereocenters. The number of fused-ring (bicyclic) bond motifs is 2. The number of methoxy groups -OCH3 is 1. The van der Waals surface area contributed by atoms with E-state index in [4.69, 9.17) is 4.74 Å². The van der Waals surface area contributed by atoms with Crippen LogP contribution in [0.2, 0.25) is 0 Å². The first-order chi connectivity index (χ1) is 13.6. The minimum atomic E-state index is -0.590. The summed E-state index contributed by atoms with van der Waals surface area (Å²) in [5.74, 6) is -0.212. The summed E-state index contributed by atoms with van der Waals surface area (Å²) in [6.07, 6.45) is 5.69. The zero-order chi connectivity index (χ0) is 19.4. The van der Waals surface area contributed by atoms with Gasteiger partial charge in [0.2, 0.25) is 0 Å². The van der Waals surface area contributed by atoms with Crippen LogP contribution in [0.4, 0.5) is 0 Å². The fraction of sp³-hybridized carbons (Fsp3) is 0.227. The molecule has 1 aliphatic carbocycles. The third-order valence-corrected chi connectivity index (χ3v) is 5.59. The number of nitrogens with zero attached hydrogens (tertiary/aromatic N) is 2. The summed E-state index contributed by atoms with van der Waals surface area (Å²) in [6, 6.07) is 9.83. The first-order valence-corrected chi connectivity index (χ1v) is 9.29. The molecule has 6 heteroatoms. The van der Waals surface area contributed by atoms with Crippen LogP contribution in [0.3, 0.4) is 0 Å². The lowest BCUT2D eigenvalue weighted by molar-refractivity contribution is 0.0598. The number of H-pyrrole nitrogens is 1. The highest BCUT2D eigenvalue weighted by atomic mass is 16.5. The monoisotopic (exact) mass is 373 g/mol. The van der Waals surface area contributed by atoms with Crippen molar-refractivity contribution in [2.45, 2.75) is 25.7 Å². The van der Waals surface area contributed by atoms with Crippen LogP contribution in [0.15, 0.2) is 47.5 Å². The number of carbonyl (C=O) groups is 1. The van der Waals surface area contributed by atoms with Gasteiger partial charge in [-0.3, -0.25) is 14.3 Å². The normalized spacial score (nSPS) is 13.9. The van der Waals surface area contributed by atoms with Gasteiger partial charge in [0.15, 0.2) is 0 Å². The lowest BCUT2D eigenvalue weighted by Gasteiger charge is -2.15. The second-order valence-corrected chi connectivity index (χ2v) is 7.33. The standard InChI is InChI=1S/C22H19N3O3/c1-12-16(14-5-6-15-11-23-24-19(15)9-14)7-8-25-20(12)17(13-3-4-13)10-18(21(25)26)22(27)28-2/h5-11,13H,3-4H2,1-2H3,(H,23,24). The van der Waals surface area contributed by atoms with Crippen LogP contribution in [-0.2, 0) is 4.74 Å². The van der Waals surface area contributed by atoms with E-state index in [0.717, 1.165) is 51.5 Å². The van der Waals surface area contributed by atoms with Crippen LogP contribution in [0.1, 0.15) is 40.2 Å². The second-order valence-electron chi connectivity index (χ2n) is 7.33. The molecule has 0 saturated heterocycles. The lowest BCUT2D eigenvalue weighted by Crippen LogP contribution is -2.24. The average Bonchev–Trinajstić information content (AvgIpc) is 3.44. The number of hydrogen-bond donors (Lipinski definition) is 1. The topological polar surface area (TPSA) is 76.5 Å². The third kappa shape index (κ3) is 2.45. The van der Waals surface area contributed by atoms with E-state index < -0.39 is 5.97 Å². The van der Waals surface area contributed by atoms with Crippen molar-refractivity contribution in [1.29, 1.82) is 0 Å². The van der Waals surface area contributed by atoms with Gasteiger partial charge in [-0.05, 0) is 66.1 Å². The zero-order valence-electron chi connectivity index (χ0n) is 15.7. The predicted octanol–water partition coefficient (Wildman–Crippen LogP) is 3.82. The number of carbonyl (C=O) groups excluding carboxylic acids is 1. The van der Waals surface area contributed by atoms with Crippen LogP contribution < -0.4 is 5.56 Å². The summed E-state index contributed by atoms with van der Waals surface area (Å²) >= 11 is 0. The first kappa shape index (κ1) is 16.7. The molecular formula is C22H19N3O3. The van der Waals surface area contributed by atoms with Crippen LogP contribution in [0.25, 0.3) is 27.5 Å². The molecule has 5 rings (SSSR count). The Balaban J connectivity index is 1.80. The van der Waals surface area contributed by atoms with Crippen LogP contribution in [0.5, 0.6) is 0 Å². The molecule has 0 radical (unpaired) electrons. The highest BCUT2D eigenvalue weighted by molar-refractivity contribution is 5.91. The summed E-state index contributed by atoms with van der Waals surface area (Å²) in [4.78, 5) is 25.0. The molecule has 0 aliphatic heterocycles. The molecule has 1 saturated carbocycles. The fourth-order valence-electron chi connectivity index (χ4n) is 3.98. The van der Waals surface area contributed by atoms with Crippen molar-refractivity contribution in [3.05, 3.63) is 69.8 Å². The quantitative estimate of drug-likeness (QED) is 0.554. The lowest BCUT2D eigenvalue weighted by atomic mass is 9.96. The number of hydrogen-bond acceptors (Lipinski definition) is 4. The molecule has 0 bridgehead atoms. The SMILES string of the molecule is COC(=O)c1cc(C2CC2)c2c(C)c(-c3ccc4cn[nH]c4c3)ccn2c1=O. The molecule has 1 fully saturated rings. The van der Waals surface area contributed by atoms with Gasteiger partial charge < -0.3 is 4.74 Å². The molecule has 1 aromatic carbocycles. The molecule has 0 atom stereocenters. The Bertz CT molecular complexity index is 1310. The largest absolute Gasteiger partial charge is 0.465 e. The maximum absolute atomic E-state index is 12.9. The minimum Gasteiger partial charge on any atom is -0.465 e. The zero-order valence-corrected chi connectivity index (χ0v) is 15.7. The van der Waals surface area contributed by atoms with Gasteiger partial charge in [-0.1, -0.05) is 12.1 Å². The predicted molar refractivity (Wildman–Crippen MR) is 107 cm³/mol. The van der Waals surface area contributed by atoms with E-state index in [0.29, 0.717) is 5.92 Å². The molecule has 28 heavy (non-hydrogen) atoms. The van der Waals surface area contributed by atoms with Crippen LogP contribution in [0, 0.1) is 6.92 Å². The van der Waals surface area contributed by atoms with Gasteiger partial charge in [0.05, 0.1) is 24.3 Å². The molecule has 4 aromatic rings.